The molecule has 0 aromatic carbocycles. The summed E-state index contributed by atoms with van der Waals surface area (Å²) in [6.45, 7) is 0. The molecule has 0 saturated carbocycles. The Morgan fingerprint density at radius 2 is 2.57 bits per heavy atom. The van der Waals surface area contributed by atoms with Crippen LogP contribution >= 0.6 is 0 Å². The van der Waals surface area contributed by atoms with E-state index in [0.29, 0.717) is 0 Å². The van der Waals surface area contributed by atoms with Crippen LogP contribution in [0.2, 0.25) is 0 Å². The number of hydrogen-bond acceptors (Lipinski definition) is 3. The lowest BCUT2D eigenvalue weighted by molar-refractivity contribution is 0.397. The fourth-order valence-corrected chi connectivity index (χ4v) is 0.258. The van der Waals surface area contributed by atoms with Crippen LogP contribution in [0.15, 0.2) is 27.8 Å². The first kappa shape index (κ1) is 4.05. The van der Waals surface area contributed by atoms with E-state index in [2.05, 4.69) is 9.68 Å². The summed E-state index contributed by atoms with van der Waals surface area (Å²) in [5, 5.41) is 3.20. The molecule has 0 aliphatic carbocycles. The summed E-state index contributed by atoms with van der Waals surface area (Å²) in [5.74, 6) is 0. The molecule has 0 amide bonds. The van der Waals surface area contributed by atoms with E-state index in [1.165, 1.54) is 12.3 Å². The summed E-state index contributed by atoms with van der Waals surface area (Å²) >= 11 is 0. The lowest BCUT2D eigenvalue weighted by atomic mass is 10.6. The van der Waals surface area contributed by atoms with Crippen LogP contribution < -0.4 is 5.43 Å². The second kappa shape index (κ2) is 1.55. The van der Waals surface area contributed by atoms with Crippen molar-refractivity contribution in [3.05, 3.63) is 28.7 Å². The summed E-state index contributed by atoms with van der Waals surface area (Å²) in [5.41, 5.74) is -0.133. The maximum absolute atomic E-state index is 10.1. The molecule has 0 bridgehead atoms. The molecule has 0 fully saturated rings. The highest BCUT2D eigenvalue weighted by Gasteiger charge is 1.74. The predicted octanol–water partition coefficient (Wildman–Crippen LogP) is 0.0348. The van der Waals surface area contributed by atoms with Crippen LogP contribution in [0.4, 0.5) is 0 Å². The summed E-state index contributed by atoms with van der Waals surface area (Å²) < 4.78 is 4.31. The van der Waals surface area contributed by atoms with Crippen molar-refractivity contribution >= 4 is 0 Å². The van der Waals surface area contributed by atoms with E-state index in [1.54, 1.807) is 0 Å². The molecule has 7 heavy (non-hydrogen) atoms. The smallest absolute Gasteiger partial charge is 0.203 e. The molecule has 0 spiro atoms. The number of rotatable bonds is 0. The lowest BCUT2D eigenvalue weighted by Crippen LogP contribution is -1.93. The van der Waals surface area contributed by atoms with Gasteiger partial charge in [-0.25, -0.2) is 0 Å². The molecule has 1 heterocycles. The van der Waals surface area contributed by atoms with Gasteiger partial charge in [0.15, 0.2) is 0 Å². The summed E-state index contributed by atoms with van der Waals surface area (Å²) in [4.78, 5) is 10.1. The zero-order valence-corrected chi connectivity index (χ0v) is 3.50. The molecule has 0 saturated heterocycles. The average Bonchev–Trinajstić information content (AvgIpc) is 1.69. The van der Waals surface area contributed by atoms with E-state index >= 15 is 0 Å². The van der Waals surface area contributed by atoms with Crippen LogP contribution in [0.1, 0.15) is 0 Å². The van der Waals surface area contributed by atoms with Gasteiger partial charge in [-0.1, -0.05) is 5.16 Å². The van der Waals surface area contributed by atoms with Crippen molar-refractivity contribution in [1.29, 1.82) is 0 Å². The summed E-state index contributed by atoms with van der Waals surface area (Å²) in [7, 11) is 0. The molecular weight excluding hydrogens is 94.0 g/mol. The SMILES string of the molecule is O=c1cconc1. The standard InChI is InChI=1S/C4H3NO2/c6-4-1-2-7-5-3-4/h1-3H. The quantitative estimate of drug-likeness (QED) is 0.459. The summed E-state index contributed by atoms with van der Waals surface area (Å²) in [6, 6.07) is 1.30. The molecule has 1 rings (SSSR count). The molecule has 3 heteroatoms. The molecule has 0 unspecified atom stereocenters. The predicted molar refractivity (Wildman–Crippen MR) is 22.8 cm³/mol. The van der Waals surface area contributed by atoms with Crippen LogP contribution in [0, 0.1) is 0 Å². The van der Waals surface area contributed by atoms with Gasteiger partial charge in [0.25, 0.3) is 0 Å². The largest absolute Gasteiger partial charge is 0.365 e. The molecule has 0 aliphatic rings. The van der Waals surface area contributed by atoms with Gasteiger partial charge in [-0.3, -0.25) is 4.79 Å². The zero-order valence-electron chi connectivity index (χ0n) is 3.50. The number of nitrogens with zero attached hydrogens (tertiary/aromatic N) is 1. The highest BCUT2D eigenvalue weighted by atomic mass is 16.4. The maximum Gasteiger partial charge on any atom is 0.203 e. The minimum Gasteiger partial charge on any atom is -0.365 e. The first-order valence-corrected chi connectivity index (χ1v) is 1.79. The first-order valence-electron chi connectivity index (χ1n) is 1.79. The normalized spacial score (nSPS) is 8.57. The Bertz CT molecular complexity index is 175. The third-order valence-electron chi connectivity index (χ3n) is 0.534. The summed E-state index contributed by atoms with van der Waals surface area (Å²) in [6.07, 6.45) is 2.35. The van der Waals surface area contributed by atoms with Gasteiger partial charge < -0.3 is 4.52 Å². The van der Waals surface area contributed by atoms with Crippen LogP contribution in [-0.4, -0.2) is 5.16 Å². The van der Waals surface area contributed by atoms with Crippen molar-refractivity contribution < 1.29 is 4.52 Å². The molecule has 3 nitrogen and oxygen atoms in total. The zero-order chi connectivity index (χ0) is 5.11. The highest BCUT2D eigenvalue weighted by molar-refractivity contribution is 4.80. The minimum absolute atomic E-state index is 0.133. The molecule has 0 atom stereocenters. The molecule has 36 valence electrons. The van der Waals surface area contributed by atoms with E-state index < -0.39 is 0 Å². The lowest BCUT2D eigenvalue weighted by Gasteiger charge is -1.70. The van der Waals surface area contributed by atoms with Crippen LogP contribution in [0.5, 0.6) is 0 Å². The monoisotopic (exact) mass is 97.0 g/mol. The van der Waals surface area contributed by atoms with Crippen molar-refractivity contribution in [2.24, 2.45) is 0 Å². The Labute approximate surface area is 39.6 Å². The highest BCUT2D eigenvalue weighted by Crippen LogP contribution is 1.64. The molecule has 0 radical (unpaired) electrons. The Balaban J connectivity index is 3.28. The van der Waals surface area contributed by atoms with Gasteiger partial charge >= 0.3 is 0 Å². The van der Waals surface area contributed by atoms with Crippen molar-refractivity contribution in [3.63, 3.8) is 0 Å². The second-order valence-electron chi connectivity index (χ2n) is 1.05. The van der Waals surface area contributed by atoms with E-state index in [1.807, 2.05) is 0 Å². The van der Waals surface area contributed by atoms with E-state index in [-0.39, 0.29) is 5.43 Å². The van der Waals surface area contributed by atoms with Gasteiger partial charge in [-0.2, -0.15) is 0 Å². The van der Waals surface area contributed by atoms with E-state index in [4.69, 9.17) is 0 Å². The first-order chi connectivity index (χ1) is 3.39. The van der Waals surface area contributed by atoms with Crippen LogP contribution in [-0.2, 0) is 0 Å². The van der Waals surface area contributed by atoms with E-state index in [0.717, 1.165) is 6.20 Å². The van der Waals surface area contributed by atoms with Gasteiger partial charge in [0, 0.05) is 6.07 Å². The minimum atomic E-state index is -0.133. The van der Waals surface area contributed by atoms with Gasteiger partial charge in [0.1, 0.15) is 12.5 Å². The second-order valence-corrected chi connectivity index (χ2v) is 1.05. The molecule has 1 aromatic heterocycles. The van der Waals surface area contributed by atoms with Crippen molar-refractivity contribution in [3.8, 4) is 0 Å². The van der Waals surface area contributed by atoms with Crippen LogP contribution in [0.3, 0.4) is 0 Å². The Hall–Kier alpha value is -1.12. The molecule has 1 aromatic rings. The Kier molecular flexibility index (Phi) is 0.898. The van der Waals surface area contributed by atoms with Gasteiger partial charge in [0.05, 0.1) is 0 Å². The van der Waals surface area contributed by atoms with E-state index in [9.17, 15) is 4.79 Å². The third kappa shape index (κ3) is 0.855. The fourth-order valence-electron chi connectivity index (χ4n) is 0.258. The average molecular weight is 97.1 g/mol. The number of hydrogen-bond donors (Lipinski definition) is 0. The van der Waals surface area contributed by atoms with Gasteiger partial charge in [-0.15, -0.1) is 0 Å². The van der Waals surface area contributed by atoms with Crippen molar-refractivity contribution in [2.45, 2.75) is 0 Å². The fraction of sp³-hybridized carbons (Fsp3) is 0. The van der Waals surface area contributed by atoms with Gasteiger partial charge in [-0.05, 0) is 0 Å². The topological polar surface area (TPSA) is 43.1 Å². The molecular formula is C4H3NO2. The number of aromatic nitrogens is 1. The van der Waals surface area contributed by atoms with Crippen LogP contribution in [0.25, 0.3) is 0 Å². The maximum atomic E-state index is 10.1. The molecule has 0 N–H and O–H groups in total. The van der Waals surface area contributed by atoms with Crippen molar-refractivity contribution in [2.75, 3.05) is 0 Å². The van der Waals surface area contributed by atoms with Gasteiger partial charge in [0.2, 0.25) is 5.43 Å². The Morgan fingerprint density at radius 1 is 1.71 bits per heavy atom. The third-order valence-corrected chi connectivity index (χ3v) is 0.534. The molecule has 0 aliphatic heterocycles. The van der Waals surface area contributed by atoms with Crippen molar-refractivity contribution in [1.82, 2.24) is 5.16 Å². The Morgan fingerprint density at radius 3 is 2.86 bits per heavy atom.